The molecule has 0 aliphatic carbocycles. The number of halogens is 1. The normalized spacial score (nSPS) is 11.1. The first-order chi connectivity index (χ1) is 11.0. The molecule has 8 heteroatoms. The van der Waals surface area contributed by atoms with Gasteiger partial charge in [0.15, 0.2) is 0 Å². The third-order valence-electron chi connectivity index (χ3n) is 3.64. The van der Waals surface area contributed by atoms with Crippen LogP contribution in [0.25, 0.3) is 11.0 Å². The van der Waals surface area contributed by atoms with E-state index in [9.17, 15) is 14.0 Å². The third-order valence-corrected chi connectivity index (χ3v) is 4.77. The number of imidazole rings is 1. The Morgan fingerprint density at radius 3 is 2.96 bits per heavy atom. The van der Waals surface area contributed by atoms with E-state index >= 15 is 0 Å². The lowest BCUT2D eigenvalue weighted by Gasteiger charge is -2.03. The Balaban J connectivity index is 1.65. The minimum Gasteiger partial charge on any atom is -0.351 e. The smallest absolute Gasteiger partial charge is 0.307 e. The fourth-order valence-electron chi connectivity index (χ4n) is 2.26. The van der Waals surface area contributed by atoms with Gasteiger partial charge in [-0.15, -0.1) is 0 Å². The maximum atomic E-state index is 13.1. The average molecular weight is 334 g/mol. The van der Waals surface area contributed by atoms with Gasteiger partial charge < -0.3 is 14.9 Å². The quantitative estimate of drug-likeness (QED) is 0.763. The molecule has 2 heterocycles. The van der Waals surface area contributed by atoms with Crippen LogP contribution >= 0.6 is 11.3 Å². The lowest BCUT2D eigenvalue weighted by molar-refractivity contribution is 0.0957. The molecule has 3 aromatic rings. The number of aromatic amines is 1. The topological polar surface area (TPSA) is 79.8 Å². The number of nitrogens with zero attached hydrogens (tertiary/aromatic N) is 2. The van der Waals surface area contributed by atoms with Crippen LogP contribution < -0.4 is 10.2 Å². The molecule has 3 rings (SSSR count). The monoisotopic (exact) mass is 334 g/mol. The van der Waals surface area contributed by atoms with E-state index in [1.54, 1.807) is 20.0 Å². The molecule has 0 radical (unpaired) electrons. The molecule has 23 heavy (non-hydrogen) atoms. The molecule has 0 saturated carbocycles. The van der Waals surface area contributed by atoms with Gasteiger partial charge in [-0.3, -0.25) is 9.59 Å². The van der Waals surface area contributed by atoms with Crippen LogP contribution in [0.15, 0.2) is 23.0 Å². The number of hydrogen-bond acceptors (Lipinski definition) is 4. The molecular formula is C15H15FN4O2S. The highest BCUT2D eigenvalue weighted by molar-refractivity contribution is 7.11. The van der Waals surface area contributed by atoms with Crippen molar-refractivity contribution in [2.45, 2.75) is 13.3 Å². The van der Waals surface area contributed by atoms with Crippen molar-refractivity contribution in [1.29, 1.82) is 0 Å². The van der Waals surface area contributed by atoms with Crippen molar-refractivity contribution >= 4 is 28.3 Å². The summed E-state index contributed by atoms with van der Waals surface area (Å²) in [7, 11) is 1.64. The summed E-state index contributed by atoms with van der Waals surface area (Å²) < 4.78 is 14.6. The molecule has 2 aromatic heterocycles. The van der Waals surface area contributed by atoms with Gasteiger partial charge in [-0.2, -0.15) is 0 Å². The Bertz CT molecular complexity index is 941. The van der Waals surface area contributed by atoms with Crippen LogP contribution in [0.1, 0.15) is 21.2 Å². The summed E-state index contributed by atoms with van der Waals surface area (Å²) >= 11 is 0.931. The zero-order valence-corrected chi connectivity index (χ0v) is 13.5. The molecule has 0 aliphatic rings. The number of benzene rings is 1. The highest BCUT2D eigenvalue weighted by atomic mass is 32.1. The minimum atomic E-state index is -0.324. The van der Waals surface area contributed by atoms with Gasteiger partial charge in [0.25, 0.3) is 5.91 Å². The Kier molecular flexibility index (Phi) is 3.99. The first-order valence-electron chi connectivity index (χ1n) is 7.04. The lowest BCUT2D eigenvalue weighted by Crippen LogP contribution is -2.26. The SMILES string of the molecule is Cc1c(C(=O)NCCc2nc3ccc(F)cc3[nH]2)sc(=O)n1C. The first kappa shape index (κ1) is 15.4. The van der Waals surface area contributed by atoms with E-state index in [0.29, 0.717) is 40.4 Å². The van der Waals surface area contributed by atoms with Crippen molar-refractivity contribution in [2.75, 3.05) is 6.54 Å². The van der Waals surface area contributed by atoms with Crippen molar-refractivity contribution < 1.29 is 9.18 Å². The fraction of sp³-hybridized carbons (Fsp3) is 0.267. The van der Waals surface area contributed by atoms with E-state index in [0.717, 1.165) is 11.3 Å². The number of nitrogens with one attached hydrogen (secondary N) is 2. The summed E-state index contributed by atoms with van der Waals surface area (Å²) in [5, 5.41) is 2.77. The van der Waals surface area contributed by atoms with Gasteiger partial charge in [0, 0.05) is 25.7 Å². The van der Waals surface area contributed by atoms with Crippen molar-refractivity contribution in [2.24, 2.45) is 7.05 Å². The van der Waals surface area contributed by atoms with E-state index in [-0.39, 0.29) is 16.6 Å². The second-order valence-corrected chi connectivity index (χ2v) is 6.15. The zero-order chi connectivity index (χ0) is 16.6. The second-order valence-electron chi connectivity index (χ2n) is 5.19. The van der Waals surface area contributed by atoms with E-state index in [2.05, 4.69) is 15.3 Å². The number of hydrogen-bond donors (Lipinski definition) is 2. The fourth-order valence-corrected chi connectivity index (χ4v) is 3.16. The van der Waals surface area contributed by atoms with Gasteiger partial charge in [-0.1, -0.05) is 11.3 Å². The Morgan fingerprint density at radius 2 is 2.26 bits per heavy atom. The summed E-state index contributed by atoms with van der Waals surface area (Å²) in [6.45, 7) is 2.11. The predicted molar refractivity (Wildman–Crippen MR) is 86.4 cm³/mol. The molecule has 120 valence electrons. The Hall–Kier alpha value is -2.48. The van der Waals surface area contributed by atoms with Crippen LogP contribution in [0.4, 0.5) is 4.39 Å². The number of carbonyl (C=O) groups excluding carboxylic acids is 1. The molecule has 0 aliphatic heterocycles. The number of rotatable bonds is 4. The highest BCUT2D eigenvalue weighted by Crippen LogP contribution is 2.13. The number of carbonyl (C=O) groups is 1. The molecule has 0 saturated heterocycles. The summed E-state index contributed by atoms with van der Waals surface area (Å²) in [5.41, 5.74) is 1.96. The van der Waals surface area contributed by atoms with Crippen molar-refractivity contribution in [3.05, 3.63) is 50.1 Å². The molecule has 0 spiro atoms. The Labute approximate surface area is 135 Å². The summed E-state index contributed by atoms with van der Waals surface area (Å²) in [4.78, 5) is 31.3. The largest absolute Gasteiger partial charge is 0.351 e. The second kappa shape index (κ2) is 5.96. The van der Waals surface area contributed by atoms with Crippen molar-refractivity contribution in [3.8, 4) is 0 Å². The zero-order valence-electron chi connectivity index (χ0n) is 12.6. The van der Waals surface area contributed by atoms with Crippen molar-refractivity contribution in [3.63, 3.8) is 0 Å². The summed E-state index contributed by atoms with van der Waals surface area (Å²) in [6.07, 6.45) is 0.489. The van der Waals surface area contributed by atoms with Crippen molar-refractivity contribution in [1.82, 2.24) is 19.9 Å². The van der Waals surface area contributed by atoms with E-state index in [4.69, 9.17) is 0 Å². The number of H-pyrrole nitrogens is 1. The maximum Gasteiger partial charge on any atom is 0.307 e. The van der Waals surface area contributed by atoms with Crippen LogP contribution in [0.5, 0.6) is 0 Å². The highest BCUT2D eigenvalue weighted by Gasteiger charge is 2.15. The van der Waals surface area contributed by atoms with Crippen LogP contribution in [-0.4, -0.2) is 27.0 Å². The molecule has 1 aromatic carbocycles. The standard InChI is InChI=1S/C15H15FN4O2S/c1-8-13(23-15(22)20(8)2)14(21)17-6-5-12-18-10-4-3-9(16)7-11(10)19-12/h3-4,7H,5-6H2,1-2H3,(H,17,21)(H,18,19). The summed E-state index contributed by atoms with van der Waals surface area (Å²) in [5.74, 6) is 0.0756. The molecule has 2 N–H and O–H groups in total. The molecule has 0 bridgehead atoms. The van der Waals surface area contributed by atoms with Crippen LogP contribution in [0.3, 0.4) is 0 Å². The van der Waals surface area contributed by atoms with Crippen LogP contribution in [0.2, 0.25) is 0 Å². The van der Waals surface area contributed by atoms with Gasteiger partial charge in [-0.05, 0) is 25.1 Å². The molecule has 1 amide bonds. The van der Waals surface area contributed by atoms with Gasteiger partial charge in [0.05, 0.1) is 11.0 Å². The average Bonchev–Trinajstić information content (AvgIpc) is 3.02. The molecule has 0 fully saturated rings. The molecule has 6 nitrogen and oxygen atoms in total. The number of amides is 1. The molecule has 0 unspecified atom stereocenters. The first-order valence-corrected chi connectivity index (χ1v) is 7.86. The van der Waals surface area contributed by atoms with E-state index in [1.807, 2.05) is 0 Å². The van der Waals surface area contributed by atoms with E-state index in [1.165, 1.54) is 16.7 Å². The molecule has 0 atom stereocenters. The maximum absolute atomic E-state index is 13.1. The third kappa shape index (κ3) is 3.02. The molecular weight excluding hydrogens is 319 g/mol. The number of thiazole rings is 1. The van der Waals surface area contributed by atoms with Crippen LogP contribution in [-0.2, 0) is 13.5 Å². The van der Waals surface area contributed by atoms with Gasteiger partial charge >= 0.3 is 4.87 Å². The number of fused-ring (bicyclic) bond motifs is 1. The Morgan fingerprint density at radius 1 is 1.48 bits per heavy atom. The van der Waals surface area contributed by atoms with Gasteiger partial charge in [-0.25, -0.2) is 9.37 Å². The van der Waals surface area contributed by atoms with Gasteiger partial charge in [0.1, 0.15) is 16.5 Å². The lowest BCUT2D eigenvalue weighted by atomic mass is 10.3. The van der Waals surface area contributed by atoms with E-state index < -0.39 is 0 Å². The summed E-state index contributed by atoms with van der Waals surface area (Å²) in [6, 6.07) is 4.35. The van der Waals surface area contributed by atoms with Crippen LogP contribution in [0, 0.1) is 12.7 Å². The predicted octanol–water partition coefficient (Wildman–Crippen LogP) is 1.74. The minimum absolute atomic E-state index is 0.160. The van der Waals surface area contributed by atoms with Gasteiger partial charge in [0.2, 0.25) is 0 Å². The number of aromatic nitrogens is 3.